The van der Waals surface area contributed by atoms with Gasteiger partial charge >= 0.3 is 6.18 Å². The van der Waals surface area contributed by atoms with Crippen molar-refractivity contribution in [1.82, 2.24) is 15.2 Å². The highest BCUT2D eigenvalue weighted by atomic mass is 32.1. The maximum atomic E-state index is 13.0. The Labute approximate surface area is 128 Å². The van der Waals surface area contributed by atoms with E-state index in [4.69, 9.17) is 0 Å². The first-order valence-electron chi connectivity index (χ1n) is 7.41. The van der Waals surface area contributed by atoms with Crippen LogP contribution in [0.3, 0.4) is 0 Å². The summed E-state index contributed by atoms with van der Waals surface area (Å²) in [7, 11) is 0. The van der Waals surface area contributed by atoms with Gasteiger partial charge in [0.1, 0.15) is 0 Å². The average Bonchev–Trinajstić information content (AvgIpc) is 2.84. The minimum absolute atomic E-state index is 0.242. The van der Waals surface area contributed by atoms with Gasteiger partial charge in [0, 0.05) is 19.5 Å². The highest BCUT2D eigenvalue weighted by molar-refractivity contribution is 7.11. The minimum Gasteiger partial charge on any atom is -0.312 e. The molecule has 0 saturated heterocycles. The van der Waals surface area contributed by atoms with Crippen molar-refractivity contribution in [3.05, 3.63) is 15.6 Å². The third-order valence-electron chi connectivity index (χ3n) is 3.26. The van der Waals surface area contributed by atoms with Crippen LogP contribution in [-0.4, -0.2) is 36.1 Å². The predicted molar refractivity (Wildman–Crippen MR) is 80.6 cm³/mol. The summed E-state index contributed by atoms with van der Waals surface area (Å²) in [6.45, 7) is 9.59. The number of thiazole rings is 1. The number of hydrogen-bond donors (Lipinski definition) is 1. The van der Waals surface area contributed by atoms with Crippen molar-refractivity contribution < 1.29 is 13.2 Å². The molecule has 0 aromatic carbocycles. The summed E-state index contributed by atoms with van der Waals surface area (Å²) in [5.74, 6) is 0. The molecule has 0 aliphatic carbocycles. The molecule has 1 aromatic heterocycles. The lowest BCUT2D eigenvalue weighted by atomic mass is 10.3. The summed E-state index contributed by atoms with van der Waals surface area (Å²) >= 11 is 1.18. The zero-order valence-electron chi connectivity index (χ0n) is 12.9. The van der Waals surface area contributed by atoms with Crippen LogP contribution in [0.2, 0.25) is 0 Å². The Morgan fingerprint density at radius 1 is 1.19 bits per heavy atom. The van der Waals surface area contributed by atoms with Gasteiger partial charge in [0.2, 0.25) is 0 Å². The highest BCUT2D eigenvalue weighted by Crippen LogP contribution is 2.34. The molecule has 0 unspecified atom stereocenters. The lowest BCUT2D eigenvalue weighted by Gasteiger charge is -2.16. The van der Waals surface area contributed by atoms with Crippen LogP contribution < -0.4 is 5.32 Å². The quantitative estimate of drug-likeness (QED) is 0.705. The lowest BCUT2D eigenvalue weighted by Crippen LogP contribution is -2.25. The molecule has 1 N–H and O–H groups in total. The SMILES string of the molecule is CCCNCc1sc(CCN(CC)CC)nc1C(F)(F)F. The van der Waals surface area contributed by atoms with E-state index in [1.807, 2.05) is 20.8 Å². The van der Waals surface area contributed by atoms with Gasteiger partial charge in [-0.15, -0.1) is 11.3 Å². The topological polar surface area (TPSA) is 28.2 Å². The monoisotopic (exact) mass is 323 g/mol. The fraction of sp³-hybridized carbons (Fsp3) is 0.786. The molecular weight excluding hydrogens is 299 g/mol. The molecule has 0 amide bonds. The van der Waals surface area contributed by atoms with Crippen LogP contribution in [0.1, 0.15) is 42.8 Å². The standard InChI is InChI=1S/C14H24F3N3S/c1-4-8-18-10-11-13(14(15,16)17)19-12(21-11)7-9-20(5-2)6-3/h18H,4-10H2,1-3H3. The van der Waals surface area contributed by atoms with E-state index in [0.29, 0.717) is 22.9 Å². The van der Waals surface area contributed by atoms with Gasteiger partial charge in [-0.1, -0.05) is 20.8 Å². The predicted octanol–water partition coefficient (Wildman–Crippen LogP) is 3.55. The fourth-order valence-electron chi connectivity index (χ4n) is 2.02. The Hall–Kier alpha value is -0.660. The summed E-state index contributed by atoms with van der Waals surface area (Å²) in [4.78, 5) is 6.31. The number of rotatable bonds is 9. The third kappa shape index (κ3) is 5.92. The molecule has 3 nitrogen and oxygen atoms in total. The Balaban J connectivity index is 2.77. The Kier molecular flexibility index (Phi) is 7.62. The molecule has 0 bridgehead atoms. The Morgan fingerprint density at radius 3 is 2.38 bits per heavy atom. The van der Waals surface area contributed by atoms with Gasteiger partial charge in [-0.2, -0.15) is 13.2 Å². The van der Waals surface area contributed by atoms with Crippen molar-refractivity contribution in [2.45, 2.75) is 46.3 Å². The molecule has 0 spiro atoms. The third-order valence-corrected chi connectivity index (χ3v) is 4.37. The van der Waals surface area contributed by atoms with Gasteiger partial charge in [0.15, 0.2) is 5.69 Å². The molecule has 1 aromatic rings. The summed E-state index contributed by atoms with van der Waals surface area (Å²) in [5.41, 5.74) is -0.717. The van der Waals surface area contributed by atoms with Crippen LogP contribution in [0.25, 0.3) is 0 Å². The van der Waals surface area contributed by atoms with E-state index in [1.54, 1.807) is 0 Å². The van der Waals surface area contributed by atoms with Crippen LogP contribution in [-0.2, 0) is 19.1 Å². The maximum Gasteiger partial charge on any atom is 0.434 e. The van der Waals surface area contributed by atoms with E-state index in [2.05, 4.69) is 15.2 Å². The lowest BCUT2D eigenvalue weighted by molar-refractivity contribution is -0.141. The van der Waals surface area contributed by atoms with Gasteiger partial charge < -0.3 is 10.2 Å². The number of halogens is 3. The molecule has 122 valence electrons. The molecule has 0 atom stereocenters. The molecule has 0 aliphatic rings. The van der Waals surface area contributed by atoms with E-state index in [1.165, 1.54) is 11.3 Å². The zero-order chi connectivity index (χ0) is 15.9. The second kappa shape index (κ2) is 8.70. The number of nitrogens with zero attached hydrogens (tertiary/aromatic N) is 2. The largest absolute Gasteiger partial charge is 0.434 e. The van der Waals surface area contributed by atoms with E-state index >= 15 is 0 Å². The zero-order valence-corrected chi connectivity index (χ0v) is 13.7. The molecule has 1 heterocycles. The van der Waals surface area contributed by atoms with E-state index in [-0.39, 0.29) is 6.54 Å². The van der Waals surface area contributed by atoms with Crippen molar-refractivity contribution in [3.8, 4) is 0 Å². The van der Waals surface area contributed by atoms with Crippen LogP contribution in [0.15, 0.2) is 0 Å². The summed E-state index contributed by atoms with van der Waals surface area (Å²) < 4.78 is 39.0. The summed E-state index contributed by atoms with van der Waals surface area (Å²) in [6, 6.07) is 0. The van der Waals surface area contributed by atoms with Crippen molar-refractivity contribution >= 4 is 11.3 Å². The number of nitrogens with one attached hydrogen (secondary N) is 1. The molecule has 1 rings (SSSR count). The van der Waals surface area contributed by atoms with E-state index in [9.17, 15) is 13.2 Å². The van der Waals surface area contributed by atoms with Crippen molar-refractivity contribution in [3.63, 3.8) is 0 Å². The molecular formula is C14H24F3N3S. The van der Waals surface area contributed by atoms with Crippen LogP contribution in [0, 0.1) is 0 Å². The normalized spacial score (nSPS) is 12.3. The molecule has 7 heteroatoms. The summed E-state index contributed by atoms with van der Waals surface area (Å²) in [5, 5.41) is 3.60. The summed E-state index contributed by atoms with van der Waals surface area (Å²) in [6.07, 6.45) is -2.90. The first kappa shape index (κ1) is 18.4. The first-order valence-corrected chi connectivity index (χ1v) is 8.22. The minimum atomic E-state index is -4.37. The van der Waals surface area contributed by atoms with Gasteiger partial charge in [-0.3, -0.25) is 0 Å². The van der Waals surface area contributed by atoms with Crippen molar-refractivity contribution in [2.24, 2.45) is 0 Å². The van der Waals surface area contributed by atoms with Crippen molar-refractivity contribution in [2.75, 3.05) is 26.2 Å². The molecule has 0 saturated carbocycles. The molecule has 0 radical (unpaired) electrons. The molecule has 21 heavy (non-hydrogen) atoms. The maximum absolute atomic E-state index is 13.0. The van der Waals surface area contributed by atoms with Gasteiger partial charge in [0.05, 0.1) is 9.88 Å². The Morgan fingerprint density at radius 2 is 1.86 bits per heavy atom. The van der Waals surface area contributed by atoms with E-state index in [0.717, 1.165) is 26.1 Å². The van der Waals surface area contributed by atoms with Crippen LogP contribution in [0.5, 0.6) is 0 Å². The van der Waals surface area contributed by atoms with Crippen molar-refractivity contribution in [1.29, 1.82) is 0 Å². The highest BCUT2D eigenvalue weighted by Gasteiger charge is 2.37. The first-order chi connectivity index (χ1) is 9.92. The van der Waals surface area contributed by atoms with Gasteiger partial charge in [-0.25, -0.2) is 4.98 Å². The molecule has 0 fully saturated rings. The number of alkyl halides is 3. The fourth-order valence-corrected chi connectivity index (χ4v) is 3.07. The van der Waals surface area contributed by atoms with E-state index < -0.39 is 11.9 Å². The molecule has 0 aliphatic heterocycles. The van der Waals surface area contributed by atoms with Gasteiger partial charge in [0.25, 0.3) is 0 Å². The average molecular weight is 323 g/mol. The van der Waals surface area contributed by atoms with Crippen LogP contribution >= 0.6 is 11.3 Å². The number of hydrogen-bond acceptors (Lipinski definition) is 4. The van der Waals surface area contributed by atoms with Crippen LogP contribution in [0.4, 0.5) is 13.2 Å². The van der Waals surface area contributed by atoms with Gasteiger partial charge in [-0.05, 0) is 26.1 Å². The number of aromatic nitrogens is 1. The second-order valence-corrected chi connectivity index (χ2v) is 6.00. The number of likely N-dealkylation sites (N-methyl/N-ethyl adjacent to an activating group) is 1. The smallest absolute Gasteiger partial charge is 0.312 e. The Bertz CT molecular complexity index is 414. The second-order valence-electron chi connectivity index (χ2n) is 4.83.